The molecule has 0 aliphatic carbocycles. The Hall–Kier alpha value is -1.73. The van der Waals surface area contributed by atoms with E-state index in [4.69, 9.17) is 4.74 Å². The average Bonchev–Trinajstić information content (AvgIpc) is 2.89. The molecule has 1 aliphatic rings. The van der Waals surface area contributed by atoms with Crippen LogP contribution in [0.4, 0.5) is 4.39 Å². The van der Waals surface area contributed by atoms with Crippen LogP contribution in [0.5, 0.6) is 0 Å². The van der Waals surface area contributed by atoms with Crippen molar-refractivity contribution in [2.24, 2.45) is 0 Å². The summed E-state index contributed by atoms with van der Waals surface area (Å²) in [5.74, 6) is -0.528. The molecule has 132 valence electrons. The van der Waals surface area contributed by atoms with Crippen LogP contribution in [0, 0.1) is 5.82 Å². The summed E-state index contributed by atoms with van der Waals surface area (Å²) in [5, 5.41) is 0. The van der Waals surface area contributed by atoms with Crippen LogP contribution in [0.25, 0.3) is 6.08 Å². The molecule has 1 amide bonds. The first-order valence-corrected chi connectivity index (χ1v) is 9.67. The fourth-order valence-electron chi connectivity index (χ4n) is 2.75. The van der Waals surface area contributed by atoms with Gasteiger partial charge in [-0.15, -0.1) is 0 Å². The molecule has 1 saturated heterocycles. The largest absolute Gasteiger partial charge is 0.385 e. The van der Waals surface area contributed by atoms with E-state index >= 15 is 0 Å². The van der Waals surface area contributed by atoms with Gasteiger partial charge < -0.3 is 9.64 Å². The van der Waals surface area contributed by atoms with Gasteiger partial charge in [-0.25, -0.2) is 12.8 Å². The van der Waals surface area contributed by atoms with Gasteiger partial charge in [0, 0.05) is 32.4 Å². The molecule has 7 heteroatoms. The lowest BCUT2D eigenvalue weighted by molar-refractivity contribution is -0.127. The number of ether oxygens (including phenoxy) is 1. The molecule has 0 aromatic heterocycles. The van der Waals surface area contributed by atoms with Gasteiger partial charge >= 0.3 is 0 Å². The molecule has 5 nitrogen and oxygen atoms in total. The fourth-order valence-corrected chi connectivity index (χ4v) is 4.48. The van der Waals surface area contributed by atoms with Crippen LogP contribution in [-0.2, 0) is 19.4 Å². The number of carbonyl (C=O) groups is 1. The van der Waals surface area contributed by atoms with Crippen LogP contribution >= 0.6 is 0 Å². The maximum atomic E-state index is 13.2. The quantitative estimate of drug-likeness (QED) is 0.553. The van der Waals surface area contributed by atoms with Gasteiger partial charge in [0.15, 0.2) is 9.84 Å². The molecular formula is C17H22FNO4S. The van der Waals surface area contributed by atoms with Crippen molar-refractivity contribution < 1.29 is 22.3 Å². The fraction of sp³-hybridized carbons (Fsp3) is 0.471. The summed E-state index contributed by atoms with van der Waals surface area (Å²) in [6.07, 6.45) is 3.99. The van der Waals surface area contributed by atoms with Crippen molar-refractivity contribution in [2.75, 3.05) is 31.8 Å². The number of amides is 1. The Bertz CT molecular complexity index is 702. The molecule has 0 N–H and O–H groups in total. The zero-order valence-electron chi connectivity index (χ0n) is 13.7. The first-order chi connectivity index (χ1) is 11.4. The van der Waals surface area contributed by atoms with Crippen molar-refractivity contribution >= 4 is 21.8 Å². The van der Waals surface area contributed by atoms with E-state index in [-0.39, 0.29) is 29.3 Å². The summed E-state index contributed by atoms with van der Waals surface area (Å²) in [4.78, 5) is 14.1. The standard InChI is InChI=1S/C17H22FNO4S/c1-23-10-3-9-19(16-8-11-24(21,22)13-16)17(20)7-6-14-4-2-5-15(18)12-14/h2,4-7,12,16H,3,8-11,13H2,1H3/b7-6+. The smallest absolute Gasteiger partial charge is 0.246 e. The van der Waals surface area contributed by atoms with Crippen molar-refractivity contribution in [2.45, 2.75) is 18.9 Å². The van der Waals surface area contributed by atoms with Gasteiger partial charge in [0.05, 0.1) is 11.5 Å². The molecule has 1 aromatic carbocycles. The Morgan fingerprint density at radius 3 is 2.88 bits per heavy atom. The lowest BCUT2D eigenvalue weighted by atomic mass is 10.1. The third-order valence-electron chi connectivity index (χ3n) is 3.95. The highest BCUT2D eigenvalue weighted by Gasteiger charge is 2.33. The summed E-state index contributed by atoms with van der Waals surface area (Å²) in [5.41, 5.74) is 0.583. The molecule has 0 saturated carbocycles. The molecule has 0 spiro atoms. The molecule has 1 atom stereocenters. The predicted molar refractivity (Wildman–Crippen MR) is 90.7 cm³/mol. The van der Waals surface area contributed by atoms with Crippen LogP contribution in [-0.4, -0.2) is 57.0 Å². The number of carbonyl (C=O) groups excluding carboxylic acids is 1. The van der Waals surface area contributed by atoms with E-state index in [1.165, 1.54) is 24.3 Å². The Balaban J connectivity index is 2.08. The minimum Gasteiger partial charge on any atom is -0.385 e. The van der Waals surface area contributed by atoms with Gasteiger partial charge in [0.1, 0.15) is 5.82 Å². The van der Waals surface area contributed by atoms with Crippen LogP contribution in [0.3, 0.4) is 0 Å². The highest BCUT2D eigenvalue weighted by molar-refractivity contribution is 7.91. The minimum atomic E-state index is -3.08. The topological polar surface area (TPSA) is 63.7 Å². The Kier molecular flexibility index (Phi) is 6.51. The van der Waals surface area contributed by atoms with Gasteiger partial charge in [0.25, 0.3) is 0 Å². The Labute approximate surface area is 142 Å². The highest BCUT2D eigenvalue weighted by atomic mass is 32.2. The second-order valence-corrected chi connectivity index (χ2v) is 8.05. The van der Waals surface area contributed by atoms with Crippen LogP contribution in [0.1, 0.15) is 18.4 Å². The van der Waals surface area contributed by atoms with E-state index in [9.17, 15) is 17.6 Å². The number of nitrogens with zero attached hydrogens (tertiary/aromatic N) is 1. The normalized spacial score (nSPS) is 19.7. The average molecular weight is 355 g/mol. The number of sulfone groups is 1. The van der Waals surface area contributed by atoms with Crippen molar-refractivity contribution in [3.8, 4) is 0 Å². The van der Waals surface area contributed by atoms with Crippen LogP contribution in [0.2, 0.25) is 0 Å². The third-order valence-corrected chi connectivity index (χ3v) is 5.70. The minimum absolute atomic E-state index is 0.000469. The van der Waals surface area contributed by atoms with Gasteiger partial charge in [-0.1, -0.05) is 12.1 Å². The SMILES string of the molecule is COCCCN(C(=O)/C=C/c1cccc(F)c1)C1CCS(=O)(=O)C1. The zero-order chi connectivity index (χ0) is 17.6. The lowest BCUT2D eigenvalue weighted by Crippen LogP contribution is -2.41. The molecule has 2 rings (SSSR count). The van der Waals surface area contributed by atoms with Gasteiger partial charge in [-0.3, -0.25) is 4.79 Å². The number of benzene rings is 1. The van der Waals surface area contributed by atoms with Crippen molar-refractivity contribution in [1.29, 1.82) is 0 Å². The second kappa shape index (κ2) is 8.39. The summed E-state index contributed by atoms with van der Waals surface area (Å²) < 4.78 is 41.6. The van der Waals surface area contributed by atoms with E-state index in [2.05, 4.69) is 0 Å². The molecule has 1 unspecified atom stereocenters. The zero-order valence-corrected chi connectivity index (χ0v) is 14.5. The number of rotatable bonds is 7. The van der Waals surface area contributed by atoms with Crippen molar-refractivity contribution in [1.82, 2.24) is 4.90 Å². The van der Waals surface area contributed by atoms with Gasteiger partial charge in [-0.05, 0) is 36.6 Å². The molecule has 0 bridgehead atoms. The summed E-state index contributed by atoms with van der Waals surface area (Å²) in [6, 6.07) is 5.62. The van der Waals surface area contributed by atoms with Crippen LogP contribution < -0.4 is 0 Å². The number of halogens is 1. The number of methoxy groups -OCH3 is 1. The van der Waals surface area contributed by atoms with E-state index in [1.54, 1.807) is 24.1 Å². The Morgan fingerprint density at radius 2 is 2.25 bits per heavy atom. The van der Waals surface area contributed by atoms with Crippen molar-refractivity contribution in [3.05, 3.63) is 41.7 Å². The molecule has 1 aliphatic heterocycles. The van der Waals surface area contributed by atoms with E-state index in [0.717, 1.165) is 0 Å². The van der Waals surface area contributed by atoms with Gasteiger partial charge in [0.2, 0.25) is 5.91 Å². The van der Waals surface area contributed by atoms with Crippen molar-refractivity contribution in [3.63, 3.8) is 0 Å². The predicted octanol–water partition coefficient (Wildman–Crippen LogP) is 1.89. The monoisotopic (exact) mass is 355 g/mol. The summed E-state index contributed by atoms with van der Waals surface area (Å²) >= 11 is 0. The highest BCUT2D eigenvalue weighted by Crippen LogP contribution is 2.19. The summed E-state index contributed by atoms with van der Waals surface area (Å²) in [6.45, 7) is 0.928. The molecule has 1 fully saturated rings. The lowest BCUT2D eigenvalue weighted by Gasteiger charge is -2.27. The van der Waals surface area contributed by atoms with E-state index < -0.39 is 9.84 Å². The first-order valence-electron chi connectivity index (χ1n) is 7.85. The number of hydrogen-bond acceptors (Lipinski definition) is 4. The van der Waals surface area contributed by atoms with Gasteiger partial charge in [-0.2, -0.15) is 0 Å². The molecule has 1 aromatic rings. The van der Waals surface area contributed by atoms with E-state index in [1.807, 2.05) is 0 Å². The van der Waals surface area contributed by atoms with Crippen LogP contribution in [0.15, 0.2) is 30.3 Å². The second-order valence-electron chi connectivity index (χ2n) is 5.82. The maximum absolute atomic E-state index is 13.2. The molecule has 0 radical (unpaired) electrons. The summed E-state index contributed by atoms with van der Waals surface area (Å²) in [7, 11) is -1.50. The molecule has 1 heterocycles. The molecule has 24 heavy (non-hydrogen) atoms. The first kappa shape index (κ1) is 18.6. The van der Waals surface area contributed by atoms with E-state index in [0.29, 0.717) is 31.6 Å². The molecular weight excluding hydrogens is 333 g/mol. The Morgan fingerprint density at radius 1 is 1.46 bits per heavy atom. The maximum Gasteiger partial charge on any atom is 0.246 e. The number of hydrogen-bond donors (Lipinski definition) is 0. The third kappa shape index (κ3) is 5.42.